The summed E-state index contributed by atoms with van der Waals surface area (Å²) < 4.78 is 10.1. The first-order chi connectivity index (χ1) is 8.56. The Hall–Kier alpha value is -1.14. The first-order valence-electron chi connectivity index (χ1n) is 6.31. The van der Waals surface area contributed by atoms with Crippen LogP contribution in [-0.4, -0.2) is 56.2 Å². The average molecular weight is 258 g/mol. The predicted octanol–water partition coefficient (Wildman–Crippen LogP) is -0.238. The van der Waals surface area contributed by atoms with Gasteiger partial charge in [0.25, 0.3) is 5.91 Å². The summed E-state index contributed by atoms with van der Waals surface area (Å²) in [6.45, 7) is 3.54. The van der Waals surface area contributed by atoms with Crippen molar-refractivity contribution in [2.45, 2.75) is 25.8 Å². The fraction of sp³-hybridized carbons (Fsp3) is 0.833. The number of carbonyl (C=O) groups excluding carboxylic acids is 2. The Morgan fingerprint density at radius 1 is 1.44 bits per heavy atom. The number of hydrogen-bond donors (Lipinski definition) is 1. The van der Waals surface area contributed by atoms with Crippen LogP contribution >= 0.6 is 0 Å². The monoisotopic (exact) mass is 258 g/mol. The second-order valence-electron chi connectivity index (χ2n) is 4.51. The number of nitrogens with zero attached hydrogens (tertiary/aromatic N) is 1. The molecule has 6 nitrogen and oxygen atoms in total. The number of esters is 1. The number of amides is 1. The maximum absolute atomic E-state index is 11.7. The third kappa shape index (κ3) is 5.01. The van der Waals surface area contributed by atoms with Gasteiger partial charge < -0.3 is 20.1 Å². The van der Waals surface area contributed by atoms with Crippen LogP contribution in [0.15, 0.2) is 0 Å². The maximum atomic E-state index is 11.7. The van der Waals surface area contributed by atoms with Gasteiger partial charge in [-0.05, 0) is 25.7 Å². The quantitative estimate of drug-likeness (QED) is 0.369. The first kappa shape index (κ1) is 14.9. The molecule has 1 fully saturated rings. The van der Waals surface area contributed by atoms with Crippen LogP contribution in [0.5, 0.6) is 0 Å². The van der Waals surface area contributed by atoms with Gasteiger partial charge >= 0.3 is 5.97 Å². The van der Waals surface area contributed by atoms with Crippen LogP contribution < -0.4 is 5.73 Å². The van der Waals surface area contributed by atoms with Gasteiger partial charge in [0.15, 0.2) is 6.04 Å². The largest absolute Gasteiger partial charge is 0.464 e. The molecule has 0 aromatic heterocycles. The van der Waals surface area contributed by atoms with Gasteiger partial charge in [0.05, 0.1) is 13.2 Å². The molecule has 1 rings (SSSR count). The molecule has 0 aliphatic heterocycles. The number of ether oxygens (including phenoxy) is 2. The molecule has 0 aromatic carbocycles. The third-order valence-corrected chi connectivity index (χ3v) is 2.80. The third-order valence-electron chi connectivity index (χ3n) is 2.80. The molecule has 0 heterocycles. The van der Waals surface area contributed by atoms with Crippen LogP contribution in [0.1, 0.15) is 19.8 Å². The summed E-state index contributed by atoms with van der Waals surface area (Å²) in [5.74, 6) is -0.426. The number of likely N-dealkylation sites (N-methyl/N-ethyl adjacent to an activating group) is 1. The molecule has 6 heteroatoms. The van der Waals surface area contributed by atoms with Crippen LogP contribution in [0.4, 0.5) is 0 Å². The number of hydrogen-bond acceptors (Lipinski definition) is 5. The lowest BCUT2D eigenvalue weighted by molar-refractivity contribution is -0.150. The van der Waals surface area contributed by atoms with E-state index in [0.29, 0.717) is 19.1 Å². The van der Waals surface area contributed by atoms with Gasteiger partial charge in [0.1, 0.15) is 0 Å². The van der Waals surface area contributed by atoms with Crippen molar-refractivity contribution in [2.24, 2.45) is 11.7 Å². The zero-order chi connectivity index (χ0) is 13.5. The van der Waals surface area contributed by atoms with Gasteiger partial charge in [0.2, 0.25) is 0 Å². The zero-order valence-electron chi connectivity index (χ0n) is 11.1. The summed E-state index contributed by atoms with van der Waals surface area (Å²) in [6, 6.07) is -1.24. The minimum atomic E-state index is -1.24. The maximum Gasteiger partial charge on any atom is 0.332 e. The van der Waals surface area contributed by atoms with Crippen LogP contribution in [-0.2, 0) is 19.1 Å². The second-order valence-corrected chi connectivity index (χ2v) is 4.51. The van der Waals surface area contributed by atoms with Gasteiger partial charge in [-0.3, -0.25) is 4.79 Å². The Bertz CT molecular complexity index is 292. The number of nitrogens with two attached hydrogens (primary N) is 1. The van der Waals surface area contributed by atoms with Gasteiger partial charge in [-0.2, -0.15) is 0 Å². The Kier molecular flexibility index (Phi) is 6.07. The molecule has 2 N–H and O–H groups in total. The molecule has 1 aliphatic rings. The molecule has 1 unspecified atom stereocenters. The zero-order valence-corrected chi connectivity index (χ0v) is 11.1. The van der Waals surface area contributed by atoms with Gasteiger partial charge in [0, 0.05) is 20.2 Å². The molecule has 0 radical (unpaired) electrons. The van der Waals surface area contributed by atoms with E-state index < -0.39 is 17.9 Å². The SMILES string of the molecule is CCOC(=O)C(N)C(=O)N(C)CCOCC1CC1. The molecular weight excluding hydrogens is 236 g/mol. The van der Waals surface area contributed by atoms with Crippen LogP contribution in [0.3, 0.4) is 0 Å². The Balaban J connectivity index is 2.19. The lowest BCUT2D eigenvalue weighted by Gasteiger charge is -2.20. The number of rotatable bonds is 8. The summed E-state index contributed by atoms with van der Waals surface area (Å²) in [4.78, 5) is 24.4. The molecule has 0 saturated heterocycles. The van der Waals surface area contributed by atoms with Gasteiger partial charge in [-0.25, -0.2) is 4.79 Å². The van der Waals surface area contributed by atoms with Crippen molar-refractivity contribution in [3.63, 3.8) is 0 Å². The van der Waals surface area contributed by atoms with Crippen molar-refractivity contribution in [3.05, 3.63) is 0 Å². The van der Waals surface area contributed by atoms with Gasteiger partial charge in [-0.1, -0.05) is 0 Å². The molecule has 0 spiro atoms. The molecule has 0 aromatic rings. The van der Waals surface area contributed by atoms with Gasteiger partial charge in [-0.15, -0.1) is 0 Å². The highest BCUT2D eigenvalue weighted by Gasteiger charge is 2.26. The molecular formula is C12H22N2O4. The highest BCUT2D eigenvalue weighted by molar-refractivity contribution is 6.01. The smallest absolute Gasteiger partial charge is 0.332 e. The van der Waals surface area contributed by atoms with E-state index in [1.54, 1.807) is 14.0 Å². The fourth-order valence-electron chi connectivity index (χ4n) is 1.42. The average Bonchev–Trinajstić information content (AvgIpc) is 3.16. The van der Waals surface area contributed by atoms with Crippen molar-refractivity contribution in [1.29, 1.82) is 0 Å². The molecule has 0 bridgehead atoms. The second kappa shape index (κ2) is 7.33. The summed E-state index contributed by atoms with van der Waals surface area (Å²) in [5.41, 5.74) is 5.50. The number of carbonyl (C=O) groups is 2. The van der Waals surface area contributed by atoms with Crippen molar-refractivity contribution >= 4 is 11.9 Å². The van der Waals surface area contributed by atoms with Crippen molar-refractivity contribution in [2.75, 3.05) is 33.4 Å². The highest BCUT2D eigenvalue weighted by atomic mass is 16.5. The molecule has 1 amide bonds. The van der Waals surface area contributed by atoms with E-state index in [2.05, 4.69) is 0 Å². The van der Waals surface area contributed by atoms with E-state index in [1.165, 1.54) is 17.7 Å². The summed E-state index contributed by atoms with van der Waals surface area (Å²) in [7, 11) is 1.60. The van der Waals surface area contributed by atoms with E-state index in [-0.39, 0.29) is 6.61 Å². The van der Waals surface area contributed by atoms with Crippen LogP contribution in [0.2, 0.25) is 0 Å². The normalized spacial score (nSPS) is 16.2. The van der Waals surface area contributed by atoms with Crippen LogP contribution in [0.25, 0.3) is 0 Å². The lowest BCUT2D eigenvalue weighted by atomic mass is 10.3. The van der Waals surface area contributed by atoms with Crippen molar-refractivity contribution in [1.82, 2.24) is 4.90 Å². The van der Waals surface area contributed by atoms with Crippen molar-refractivity contribution in [3.8, 4) is 0 Å². The Morgan fingerprint density at radius 3 is 2.67 bits per heavy atom. The minimum absolute atomic E-state index is 0.216. The van der Waals surface area contributed by atoms with Crippen LogP contribution in [0, 0.1) is 5.92 Å². The Morgan fingerprint density at radius 2 is 2.11 bits per heavy atom. The molecule has 104 valence electrons. The summed E-state index contributed by atoms with van der Waals surface area (Å²) in [6.07, 6.45) is 2.48. The topological polar surface area (TPSA) is 81.9 Å². The van der Waals surface area contributed by atoms with Crippen molar-refractivity contribution < 1.29 is 19.1 Å². The van der Waals surface area contributed by atoms with E-state index in [1.807, 2.05) is 0 Å². The molecule has 18 heavy (non-hydrogen) atoms. The van der Waals surface area contributed by atoms with E-state index in [9.17, 15) is 9.59 Å². The van der Waals surface area contributed by atoms with E-state index in [0.717, 1.165) is 6.61 Å². The molecule has 1 aliphatic carbocycles. The Labute approximate surface area is 107 Å². The lowest BCUT2D eigenvalue weighted by Crippen LogP contribution is -2.48. The predicted molar refractivity (Wildman–Crippen MR) is 65.8 cm³/mol. The highest BCUT2D eigenvalue weighted by Crippen LogP contribution is 2.28. The van der Waals surface area contributed by atoms with E-state index in [4.69, 9.17) is 15.2 Å². The standard InChI is InChI=1S/C12H22N2O4/c1-3-18-12(16)10(13)11(15)14(2)6-7-17-8-9-4-5-9/h9-10H,3-8,13H2,1-2H3. The molecule has 1 atom stereocenters. The molecule has 1 saturated carbocycles. The summed E-state index contributed by atoms with van der Waals surface area (Å²) in [5, 5.41) is 0. The first-order valence-corrected chi connectivity index (χ1v) is 6.31. The minimum Gasteiger partial charge on any atom is -0.464 e. The van der Waals surface area contributed by atoms with E-state index >= 15 is 0 Å². The summed E-state index contributed by atoms with van der Waals surface area (Å²) >= 11 is 0. The fourth-order valence-corrected chi connectivity index (χ4v) is 1.42.